The van der Waals surface area contributed by atoms with Crippen LogP contribution in [0, 0.1) is 13.8 Å². The second-order valence-electron chi connectivity index (χ2n) is 6.24. The fourth-order valence-corrected chi connectivity index (χ4v) is 2.67. The zero-order chi connectivity index (χ0) is 18.4. The van der Waals surface area contributed by atoms with Crippen LogP contribution in [-0.2, 0) is 4.79 Å². The van der Waals surface area contributed by atoms with Crippen molar-refractivity contribution in [1.29, 1.82) is 0 Å². The summed E-state index contributed by atoms with van der Waals surface area (Å²) in [7, 11) is 0. The first-order chi connectivity index (χ1) is 11.9. The first-order valence-corrected chi connectivity index (χ1v) is 8.84. The molecule has 2 aromatic carbocycles. The van der Waals surface area contributed by atoms with E-state index in [-0.39, 0.29) is 5.91 Å². The monoisotopic (exact) mass is 340 g/mol. The second-order valence-corrected chi connectivity index (χ2v) is 6.24. The number of hydrogen-bond acceptors (Lipinski definition) is 3. The summed E-state index contributed by atoms with van der Waals surface area (Å²) in [6.07, 6.45) is -0.567. The van der Waals surface area contributed by atoms with E-state index in [4.69, 9.17) is 4.74 Å². The van der Waals surface area contributed by atoms with Gasteiger partial charge in [-0.15, -0.1) is 0 Å². The van der Waals surface area contributed by atoms with Crippen molar-refractivity contribution in [3.8, 4) is 5.75 Å². The number of nitrogens with one attached hydrogen (secondary N) is 1. The Morgan fingerprint density at radius 3 is 2.32 bits per heavy atom. The Bertz CT molecular complexity index is 706. The number of benzene rings is 2. The van der Waals surface area contributed by atoms with Gasteiger partial charge in [0.05, 0.1) is 0 Å². The number of carbonyl (C=O) groups is 1. The van der Waals surface area contributed by atoms with E-state index in [1.54, 1.807) is 6.92 Å². The molecule has 25 heavy (non-hydrogen) atoms. The summed E-state index contributed by atoms with van der Waals surface area (Å²) in [5, 5.41) is 2.92. The Morgan fingerprint density at radius 1 is 1.08 bits per heavy atom. The molecule has 0 aliphatic heterocycles. The molecule has 4 heteroatoms. The Labute approximate surface area is 150 Å². The van der Waals surface area contributed by atoms with E-state index in [0.717, 1.165) is 41.3 Å². The lowest BCUT2D eigenvalue weighted by Gasteiger charge is -2.21. The van der Waals surface area contributed by atoms with Crippen LogP contribution in [0.25, 0.3) is 0 Å². The summed E-state index contributed by atoms with van der Waals surface area (Å²) in [5.41, 5.74) is 4.06. The van der Waals surface area contributed by atoms with E-state index in [2.05, 4.69) is 24.1 Å². The maximum atomic E-state index is 12.4. The van der Waals surface area contributed by atoms with Crippen molar-refractivity contribution in [3.63, 3.8) is 0 Å². The lowest BCUT2D eigenvalue weighted by atomic mass is 10.1. The zero-order valence-corrected chi connectivity index (χ0v) is 15.8. The summed E-state index contributed by atoms with van der Waals surface area (Å²) in [6.45, 7) is 11.9. The van der Waals surface area contributed by atoms with Crippen LogP contribution in [0.2, 0.25) is 0 Å². The van der Waals surface area contributed by atoms with Gasteiger partial charge in [-0.3, -0.25) is 4.79 Å². The Morgan fingerprint density at radius 2 is 1.72 bits per heavy atom. The summed E-state index contributed by atoms with van der Waals surface area (Å²) in [6, 6.07) is 13.9. The highest BCUT2D eigenvalue weighted by Gasteiger charge is 2.16. The normalized spacial score (nSPS) is 11.7. The Balaban J connectivity index is 2.00. The molecule has 1 amide bonds. The number of ether oxygens (including phenoxy) is 1. The van der Waals surface area contributed by atoms with Gasteiger partial charge in [-0.05, 0) is 76.1 Å². The van der Waals surface area contributed by atoms with Gasteiger partial charge in [0.25, 0.3) is 5.91 Å². The van der Waals surface area contributed by atoms with E-state index in [1.807, 2.05) is 56.3 Å². The van der Waals surface area contributed by atoms with Crippen LogP contribution in [0.1, 0.15) is 31.9 Å². The fraction of sp³-hybridized carbons (Fsp3) is 0.381. The van der Waals surface area contributed by atoms with Crippen LogP contribution in [-0.4, -0.2) is 25.1 Å². The van der Waals surface area contributed by atoms with Gasteiger partial charge in [0.2, 0.25) is 0 Å². The topological polar surface area (TPSA) is 41.6 Å². The molecule has 0 fully saturated rings. The highest BCUT2D eigenvalue weighted by molar-refractivity contribution is 5.94. The third kappa shape index (κ3) is 4.99. The molecule has 1 unspecified atom stereocenters. The molecule has 0 heterocycles. The first-order valence-electron chi connectivity index (χ1n) is 8.84. The minimum absolute atomic E-state index is 0.156. The maximum Gasteiger partial charge on any atom is 0.265 e. The average molecular weight is 340 g/mol. The molecule has 2 rings (SSSR count). The molecule has 134 valence electrons. The minimum Gasteiger partial charge on any atom is -0.481 e. The van der Waals surface area contributed by atoms with Gasteiger partial charge >= 0.3 is 0 Å². The molecular formula is C21H28N2O2. The maximum absolute atomic E-state index is 12.4. The smallest absolute Gasteiger partial charge is 0.265 e. The zero-order valence-electron chi connectivity index (χ0n) is 15.8. The summed E-state index contributed by atoms with van der Waals surface area (Å²) in [5.74, 6) is 0.594. The van der Waals surface area contributed by atoms with Crippen LogP contribution in [0.4, 0.5) is 11.4 Å². The standard InChI is InChI=1S/C21H28N2O2/c1-6-23(7-2)19-12-10-18(11-13-19)22-21(24)17(5)25-20-14-15(3)8-9-16(20)4/h8-14,17H,6-7H2,1-5H3,(H,22,24). The van der Waals surface area contributed by atoms with E-state index < -0.39 is 6.10 Å². The lowest BCUT2D eigenvalue weighted by Crippen LogP contribution is -2.30. The Kier molecular flexibility index (Phi) is 6.45. The molecule has 0 spiro atoms. The molecule has 2 aromatic rings. The van der Waals surface area contributed by atoms with Gasteiger partial charge < -0.3 is 15.0 Å². The molecule has 0 bridgehead atoms. The van der Waals surface area contributed by atoms with Crippen molar-refractivity contribution in [1.82, 2.24) is 0 Å². The number of hydrogen-bond donors (Lipinski definition) is 1. The number of carbonyl (C=O) groups excluding carboxylic acids is 1. The summed E-state index contributed by atoms with van der Waals surface area (Å²) in [4.78, 5) is 14.7. The molecular weight excluding hydrogens is 312 g/mol. The number of aryl methyl sites for hydroxylation is 2. The van der Waals surface area contributed by atoms with Crippen LogP contribution >= 0.6 is 0 Å². The fourth-order valence-electron chi connectivity index (χ4n) is 2.67. The molecule has 0 aliphatic carbocycles. The third-order valence-corrected chi connectivity index (χ3v) is 4.28. The Hall–Kier alpha value is -2.49. The number of amides is 1. The predicted molar refractivity (Wildman–Crippen MR) is 105 cm³/mol. The molecule has 0 saturated carbocycles. The van der Waals surface area contributed by atoms with Gasteiger partial charge in [-0.2, -0.15) is 0 Å². The first kappa shape index (κ1) is 18.8. The number of nitrogens with zero attached hydrogens (tertiary/aromatic N) is 1. The van der Waals surface area contributed by atoms with E-state index >= 15 is 0 Å². The van der Waals surface area contributed by atoms with Crippen molar-refractivity contribution >= 4 is 17.3 Å². The van der Waals surface area contributed by atoms with E-state index in [9.17, 15) is 4.79 Å². The van der Waals surface area contributed by atoms with Crippen LogP contribution in [0.5, 0.6) is 5.75 Å². The van der Waals surface area contributed by atoms with E-state index in [0.29, 0.717) is 0 Å². The average Bonchev–Trinajstić information content (AvgIpc) is 2.60. The molecule has 1 atom stereocenters. The lowest BCUT2D eigenvalue weighted by molar-refractivity contribution is -0.122. The second kappa shape index (κ2) is 8.56. The molecule has 4 nitrogen and oxygen atoms in total. The van der Waals surface area contributed by atoms with E-state index in [1.165, 1.54) is 0 Å². The van der Waals surface area contributed by atoms with Gasteiger partial charge in [0.1, 0.15) is 5.75 Å². The van der Waals surface area contributed by atoms with Gasteiger partial charge in [0, 0.05) is 24.5 Å². The molecule has 1 N–H and O–H groups in total. The van der Waals surface area contributed by atoms with Gasteiger partial charge in [0.15, 0.2) is 6.10 Å². The highest BCUT2D eigenvalue weighted by atomic mass is 16.5. The quantitative estimate of drug-likeness (QED) is 0.803. The SMILES string of the molecule is CCN(CC)c1ccc(NC(=O)C(C)Oc2cc(C)ccc2C)cc1. The molecule has 0 aromatic heterocycles. The van der Waals surface area contributed by atoms with Crippen molar-refractivity contribution in [2.75, 3.05) is 23.3 Å². The minimum atomic E-state index is -0.567. The summed E-state index contributed by atoms with van der Waals surface area (Å²) < 4.78 is 5.84. The van der Waals surface area contributed by atoms with Crippen LogP contribution in [0.15, 0.2) is 42.5 Å². The molecule has 0 radical (unpaired) electrons. The van der Waals surface area contributed by atoms with Crippen LogP contribution in [0.3, 0.4) is 0 Å². The largest absolute Gasteiger partial charge is 0.481 e. The third-order valence-electron chi connectivity index (χ3n) is 4.28. The molecule has 0 saturated heterocycles. The van der Waals surface area contributed by atoms with Crippen molar-refractivity contribution in [2.24, 2.45) is 0 Å². The van der Waals surface area contributed by atoms with Crippen LogP contribution < -0.4 is 15.0 Å². The number of anilines is 2. The highest BCUT2D eigenvalue weighted by Crippen LogP contribution is 2.21. The molecule has 0 aliphatic rings. The van der Waals surface area contributed by atoms with Gasteiger partial charge in [-0.1, -0.05) is 12.1 Å². The summed E-state index contributed by atoms with van der Waals surface area (Å²) >= 11 is 0. The van der Waals surface area contributed by atoms with Crippen molar-refractivity contribution in [2.45, 2.75) is 40.7 Å². The van der Waals surface area contributed by atoms with Crippen molar-refractivity contribution < 1.29 is 9.53 Å². The number of rotatable bonds is 7. The predicted octanol–water partition coefficient (Wildman–Crippen LogP) is 4.56. The van der Waals surface area contributed by atoms with Gasteiger partial charge in [-0.25, -0.2) is 0 Å². The van der Waals surface area contributed by atoms with Crippen molar-refractivity contribution in [3.05, 3.63) is 53.6 Å².